The molecule has 0 bridgehead atoms. The number of hydrogen-bond donors (Lipinski definition) is 0. The lowest BCUT2D eigenvalue weighted by Gasteiger charge is -2.57. The molecule has 7 aromatic carbocycles. The molecule has 14 rings (SSSR count). The monoisotopic (exact) mass is 2050 g/mol. The molecule has 26 nitrogen and oxygen atoms in total. The van der Waals surface area contributed by atoms with Crippen molar-refractivity contribution in [1.82, 2.24) is 24.9 Å². The molecule has 2 aliphatic carbocycles. The van der Waals surface area contributed by atoms with Crippen LogP contribution in [0.2, 0.25) is 0 Å². The number of ketones is 7. The molecule has 12 aromatic rings. The number of hydrogen-bond acceptors (Lipinski definition) is 26. The maximum Gasteiger partial charge on any atom is 0.160 e. The van der Waals surface area contributed by atoms with Gasteiger partial charge < -0.3 is 66.3 Å². The Morgan fingerprint density at radius 3 is 0.727 bits per heavy atom. The van der Waals surface area contributed by atoms with Crippen molar-refractivity contribution in [3.63, 3.8) is 0 Å². The fourth-order valence-corrected chi connectivity index (χ4v) is 14.2. The SMILES string of the molecule is CC(C)C(=O)COCCOc1ccc(-c2ccccc2)cc1.CC(C)C(=O)COCCOc1ccc(-c2ccccn2)cc1.CC(C)C(=O)COCCOc1ccc(-c2ccccn2)cc1.CC(C)C(=O)COCCOc1ccc(-c2cccnc2)cc1.CC(C)C(=O)COCCOc1ccc(-c2cccnc2)cc1.CC(C)C(=O)COCCOc1ccc(-c2ccncc2)cc1.CC(C)OC1CC2(CC(OCC(=O)C(C)C)C2)C1. The zero-order chi connectivity index (χ0) is 108. The largest absolute Gasteiger partial charge is 0.491 e. The zero-order valence-corrected chi connectivity index (χ0v) is 90.1. The molecule has 26 heteroatoms. The molecule has 1 spiro atoms. The van der Waals surface area contributed by atoms with Gasteiger partial charge in [-0.2, -0.15) is 0 Å². The first-order valence-electron chi connectivity index (χ1n) is 51.8. The first kappa shape index (κ1) is 122. The Morgan fingerprint density at radius 1 is 0.233 bits per heavy atom. The van der Waals surface area contributed by atoms with Crippen LogP contribution >= 0.6 is 0 Å². The van der Waals surface area contributed by atoms with E-state index in [4.69, 9.17) is 66.3 Å². The number of benzene rings is 7. The Hall–Kier alpha value is -13.5. The topological polar surface area (TPSA) is 313 Å². The lowest BCUT2D eigenvalue weighted by Crippen LogP contribution is -2.54. The van der Waals surface area contributed by atoms with E-state index in [0.717, 1.165) is 109 Å². The number of ether oxygens (including phenoxy) is 14. The zero-order valence-electron chi connectivity index (χ0n) is 90.1. The quantitative estimate of drug-likeness (QED) is 0.0320. The standard InChI is InChI=1S/C19H22O3.5C18H21NO3.C15H26O3/c1-15(2)19(20)14-21-12-13-22-18-10-8-17(9-11-18)16-6-4-3-5-7-16;1-14(2)18(20)13-21-11-12-22-17-5-3-15(4-6-17)16-7-9-19-10-8-16;2*1-14(2)18(20)13-21-10-11-22-17-7-5-15(6-8-17)16-4-3-9-19-12-16;2*1-14(2)18(20)13-21-11-12-22-16-8-6-15(7-9-16)17-5-3-4-10-19-17;1-10(2)14(16)9-17-12-5-15(6-12)7-13(8-15)18-11(3)4/h3-11,15H,12-14H2,1-2H3;3-10,14H,11-13H2,1-2H3;2*3-9,12,14H,10-11,13H2,1-2H3;2*3-10,14H,11-13H2,1-2H3;10-13H,5-9H2,1-4H3. The van der Waals surface area contributed by atoms with Crippen LogP contribution in [0.4, 0.5) is 0 Å². The average Bonchev–Trinajstić information content (AvgIpc) is 0.741. The molecule has 2 fully saturated rings. The minimum absolute atomic E-state index is 0.0139. The first-order valence-corrected chi connectivity index (χ1v) is 51.8. The summed E-state index contributed by atoms with van der Waals surface area (Å²) in [7, 11) is 0. The summed E-state index contributed by atoms with van der Waals surface area (Å²) in [5.41, 5.74) is 13.4. The van der Waals surface area contributed by atoms with Crippen molar-refractivity contribution in [2.45, 2.75) is 155 Å². The highest BCUT2D eigenvalue weighted by Crippen LogP contribution is 2.58. The molecule has 0 radical (unpaired) electrons. The smallest absolute Gasteiger partial charge is 0.160 e. The van der Waals surface area contributed by atoms with Crippen molar-refractivity contribution in [3.05, 3.63) is 298 Å². The number of carbonyl (C=O) groups is 7. The summed E-state index contributed by atoms with van der Waals surface area (Å²) in [6.07, 6.45) is 20.0. The molecule has 2 aliphatic rings. The van der Waals surface area contributed by atoms with Gasteiger partial charge in [-0.25, -0.2) is 0 Å². The van der Waals surface area contributed by atoms with E-state index < -0.39 is 0 Å². The molecule has 0 aliphatic heterocycles. The van der Waals surface area contributed by atoms with E-state index in [2.05, 4.69) is 50.9 Å². The number of Topliss-reactive ketones (excluding diaryl/α,β-unsaturated/α-hetero) is 7. The van der Waals surface area contributed by atoms with Crippen LogP contribution in [0.15, 0.2) is 298 Å². The molecule has 0 amide bonds. The van der Waals surface area contributed by atoms with Crippen molar-refractivity contribution in [2.75, 3.05) is 126 Å². The molecule has 0 N–H and O–H groups in total. The van der Waals surface area contributed by atoms with E-state index in [1.807, 2.05) is 346 Å². The van der Waals surface area contributed by atoms with Crippen LogP contribution in [0.5, 0.6) is 34.5 Å². The van der Waals surface area contributed by atoms with Gasteiger partial charge in [0.15, 0.2) is 40.5 Å². The van der Waals surface area contributed by atoms with Gasteiger partial charge in [0.1, 0.15) is 120 Å². The third-order valence-electron chi connectivity index (χ3n) is 23.7. The predicted octanol–water partition coefficient (Wildman–Crippen LogP) is 23.8. The van der Waals surface area contributed by atoms with Crippen LogP contribution in [0.1, 0.15) is 136 Å². The van der Waals surface area contributed by atoms with Crippen LogP contribution in [0, 0.1) is 46.8 Å². The third kappa shape index (κ3) is 48.0. The maximum absolute atomic E-state index is 11.5. The molecular formula is C124H153N5O21. The van der Waals surface area contributed by atoms with Gasteiger partial charge in [0.25, 0.3) is 0 Å². The normalized spacial score (nSPS) is 13.6. The minimum atomic E-state index is 0.0139. The van der Waals surface area contributed by atoms with Gasteiger partial charge in [-0.05, 0) is 235 Å². The van der Waals surface area contributed by atoms with Gasteiger partial charge >= 0.3 is 0 Å². The maximum atomic E-state index is 11.5. The number of rotatable bonds is 54. The van der Waals surface area contributed by atoms with E-state index in [1.54, 1.807) is 37.2 Å². The summed E-state index contributed by atoms with van der Waals surface area (Å²) in [5, 5.41) is 0. The summed E-state index contributed by atoms with van der Waals surface area (Å²) in [6, 6.07) is 80.6. The van der Waals surface area contributed by atoms with Crippen LogP contribution in [0.25, 0.3) is 67.0 Å². The van der Waals surface area contributed by atoms with Crippen molar-refractivity contribution >= 4 is 40.5 Å². The van der Waals surface area contributed by atoms with E-state index in [9.17, 15) is 33.6 Å². The molecule has 5 aromatic heterocycles. The highest BCUT2D eigenvalue weighted by atomic mass is 16.6. The van der Waals surface area contributed by atoms with Gasteiger partial charge in [-0.15, -0.1) is 0 Å². The van der Waals surface area contributed by atoms with Crippen molar-refractivity contribution in [2.24, 2.45) is 46.8 Å². The van der Waals surface area contributed by atoms with Crippen LogP contribution in [0.3, 0.4) is 0 Å². The third-order valence-corrected chi connectivity index (χ3v) is 23.7. The highest BCUT2D eigenvalue weighted by Gasteiger charge is 2.54. The Morgan fingerprint density at radius 2 is 0.473 bits per heavy atom. The Bertz CT molecular complexity index is 4920. The molecule has 0 saturated heterocycles. The first-order chi connectivity index (χ1) is 72.4. The Balaban J connectivity index is 0.000000213. The molecule has 5 heterocycles. The molecule has 2 saturated carbocycles. The molecular weight excluding hydrogens is 1900 g/mol. The Labute approximate surface area is 887 Å². The van der Waals surface area contributed by atoms with Crippen molar-refractivity contribution in [3.8, 4) is 102 Å². The molecule has 0 unspecified atom stereocenters. The molecule has 150 heavy (non-hydrogen) atoms. The summed E-state index contributed by atoms with van der Waals surface area (Å²) in [6.45, 7) is 36.7. The number of aromatic nitrogens is 5. The summed E-state index contributed by atoms with van der Waals surface area (Å²) in [4.78, 5) is 101. The Kier molecular flexibility index (Phi) is 55.9. The second-order valence-electron chi connectivity index (χ2n) is 38.5. The van der Waals surface area contributed by atoms with Gasteiger partial charge in [0, 0.05) is 102 Å². The van der Waals surface area contributed by atoms with Gasteiger partial charge in [-0.3, -0.25) is 58.5 Å². The van der Waals surface area contributed by atoms with E-state index in [-0.39, 0.29) is 122 Å². The predicted molar refractivity (Wildman–Crippen MR) is 588 cm³/mol. The second-order valence-corrected chi connectivity index (χ2v) is 38.5. The lowest BCUT2D eigenvalue weighted by molar-refractivity contribution is -0.185. The van der Waals surface area contributed by atoms with Gasteiger partial charge in [0.2, 0.25) is 0 Å². The number of nitrogens with zero attached hydrogens (tertiary/aromatic N) is 5. The lowest BCUT2D eigenvalue weighted by atomic mass is 9.53. The van der Waals surface area contributed by atoms with Crippen LogP contribution < -0.4 is 28.4 Å². The summed E-state index contributed by atoms with van der Waals surface area (Å²) in [5.74, 6) is 5.78. The minimum Gasteiger partial charge on any atom is -0.491 e. The molecule has 0 atom stereocenters. The molecule has 800 valence electrons. The number of carbonyl (C=O) groups excluding carboxylic acids is 7. The average molecular weight is 2050 g/mol. The van der Waals surface area contributed by atoms with E-state index in [1.165, 1.54) is 18.4 Å². The fourth-order valence-electron chi connectivity index (χ4n) is 14.2. The van der Waals surface area contributed by atoms with E-state index >= 15 is 0 Å². The van der Waals surface area contributed by atoms with Crippen LogP contribution in [-0.4, -0.2) is 209 Å². The number of pyridine rings is 5. The van der Waals surface area contributed by atoms with Gasteiger partial charge in [0.05, 0.1) is 69.3 Å². The van der Waals surface area contributed by atoms with Crippen molar-refractivity contribution in [1.29, 1.82) is 0 Å². The second kappa shape index (κ2) is 69.0. The van der Waals surface area contributed by atoms with E-state index in [0.29, 0.717) is 110 Å². The summed E-state index contributed by atoms with van der Waals surface area (Å²) < 4.78 is 76.7. The van der Waals surface area contributed by atoms with Crippen molar-refractivity contribution < 1.29 is 99.9 Å². The van der Waals surface area contributed by atoms with Gasteiger partial charge in [-0.1, -0.05) is 200 Å². The highest BCUT2D eigenvalue weighted by molar-refractivity contribution is 5.84. The fraction of sp³-hybridized carbons (Fsp3) is 0.403. The van der Waals surface area contributed by atoms with Crippen LogP contribution in [-0.2, 0) is 71.5 Å². The summed E-state index contributed by atoms with van der Waals surface area (Å²) >= 11 is 0.